The molecule has 92 valence electrons. The van der Waals surface area contributed by atoms with Crippen LogP contribution in [0, 0.1) is 0 Å². The normalized spacial score (nSPS) is 17.8. The Balaban J connectivity index is 2.28. The molecule has 1 atom stereocenters. The standard InChI is InChI=1S/C13H18N2O2/c1-3-8-17-10-7-5-6-9-11(10)15-13(16)12(9)14-4-2/h5-7,12,14H,3-4,8H2,1-2H3,(H,15,16). The van der Waals surface area contributed by atoms with Crippen LogP contribution < -0.4 is 15.4 Å². The van der Waals surface area contributed by atoms with Gasteiger partial charge < -0.3 is 15.4 Å². The van der Waals surface area contributed by atoms with Gasteiger partial charge in [0.2, 0.25) is 5.91 Å². The maximum Gasteiger partial charge on any atom is 0.246 e. The van der Waals surface area contributed by atoms with E-state index >= 15 is 0 Å². The largest absolute Gasteiger partial charge is 0.491 e. The van der Waals surface area contributed by atoms with Crippen molar-refractivity contribution in [3.8, 4) is 5.75 Å². The van der Waals surface area contributed by atoms with Gasteiger partial charge in [-0.05, 0) is 19.0 Å². The van der Waals surface area contributed by atoms with Crippen LogP contribution in [0.5, 0.6) is 5.75 Å². The van der Waals surface area contributed by atoms with E-state index in [1.54, 1.807) is 0 Å². The molecule has 1 amide bonds. The molecule has 0 aliphatic carbocycles. The average Bonchev–Trinajstić information content (AvgIpc) is 2.65. The molecular formula is C13H18N2O2. The Morgan fingerprint density at radius 2 is 2.24 bits per heavy atom. The van der Waals surface area contributed by atoms with Crippen LogP contribution >= 0.6 is 0 Å². The van der Waals surface area contributed by atoms with E-state index in [2.05, 4.69) is 17.6 Å². The fourth-order valence-corrected chi connectivity index (χ4v) is 2.00. The third kappa shape index (κ3) is 2.26. The van der Waals surface area contributed by atoms with Crippen LogP contribution in [0.1, 0.15) is 31.9 Å². The first-order chi connectivity index (χ1) is 8.27. The Kier molecular flexibility index (Phi) is 3.64. The van der Waals surface area contributed by atoms with Gasteiger partial charge in [-0.3, -0.25) is 4.79 Å². The molecule has 17 heavy (non-hydrogen) atoms. The molecule has 0 saturated carbocycles. The lowest BCUT2D eigenvalue weighted by atomic mass is 10.1. The number of amides is 1. The Labute approximate surface area is 101 Å². The smallest absolute Gasteiger partial charge is 0.246 e. The van der Waals surface area contributed by atoms with Gasteiger partial charge in [0, 0.05) is 5.56 Å². The Hall–Kier alpha value is -1.55. The van der Waals surface area contributed by atoms with E-state index in [0.29, 0.717) is 6.61 Å². The molecule has 1 aromatic rings. The minimum absolute atomic E-state index is 0.00519. The van der Waals surface area contributed by atoms with Gasteiger partial charge in [-0.15, -0.1) is 0 Å². The van der Waals surface area contributed by atoms with Gasteiger partial charge in [0.15, 0.2) is 0 Å². The fraction of sp³-hybridized carbons (Fsp3) is 0.462. The first kappa shape index (κ1) is 11.9. The Morgan fingerprint density at radius 1 is 1.41 bits per heavy atom. The summed E-state index contributed by atoms with van der Waals surface area (Å²) in [6, 6.07) is 5.52. The zero-order valence-electron chi connectivity index (χ0n) is 10.2. The third-order valence-corrected chi connectivity index (χ3v) is 2.75. The predicted molar refractivity (Wildman–Crippen MR) is 67.3 cm³/mol. The second-order valence-corrected chi connectivity index (χ2v) is 4.05. The molecule has 0 spiro atoms. The van der Waals surface area contributed by atoms with Crippen molar-refractivity contribution in [2.24, 2.45) is 0 Å². The molecule has 0 saturated heterocycles. The number of rotatable bonds is 5. The summed E-state index contributed by atoms with van der Waals surface area (Å²) < 4.78 is 5.63. The van der Waals surface area contributed by atoms with Gasteiger partial charge >= 0.3 is 0 Å². The van der Waals surface area contributed by atoms with Gasteiger partial charge in [0.05, 0.1) is 12.3 Å². The van der Waals surface area contributed by atoms with Crippen LogP contribution in [0.2, 0.25) is 0 Å². The molecule has 1 aromatic carbocycles. The maximum absolute atomic E-state index is 11.8. The molecule has 0 radical (unpaired) electrons. The van der Waals surface area contributed by atoms with E-state index in [0.717, 1.165) is 30.0 Å². The molecule has 1 unspecified atom stereocenters. The average molecular weight is 234 g/mol. The zero-order valence-corrected chi connectivity index (χ0v) is 10.2. The van der Waals surface area contributed by atoms with Gasteiger partial charge in [0.1, 0.15) is 11.8 Å². The van der Waals surface area contributed by atoms with Crippen molar-refractivity contribution < 1.29 is 9.53 Å². The molecule has 1 aliphatic heterocycles. The molecule has 4 heteroatoms. The number of likely N-dealkylation sites (N-methyl/N-ethyl adjacent to an activating group) is 1. The van der Waals surface area contributed by atoms with Crippen molar-refractivity contribution in [3.63, 3.8) is 0 Å². The molecular weight excluding hydrogens is 216 g/mol. The highest BCUT2D eigenvalue weighted by Crippen LogP contribution is 2.38. The van der Waals surface area contributed by atoms with Gasteiger partial charge in [-0.25, -0.2) is 0 Å². The lowest BCUT2D eigenvalue weighted by molar-refractivity contribution is -0.117. The first-order valence-electron chi connectivity index (χ1n) is 6.07. The number of benzene rings is 1. The summed E-state index contributed by atoms with van der Waals surface area (Å²) >= 11 is 0. The van der Waals surface area contributed by atoms with Crippen molar-refractivity contribution in [3.05, 3.63) is 23.8 Å². The van der Waals surface area contributed by atoms with Crippen molar-refractivity contribution in [1.82, 2.24) is 5.32 Å². The number of hydrogen-bond acceptors (Lipinski definition) is 3. The summed E-state index contributed by atoms with van der Waals surface area (Å²) in [6.45, 7) is 5.47. The Morgan fingerprint density at radius 3 is 2.94 bits per heavy atom. The van der Waals surface area contributed by atoms with Crippen LogP contribution in [-0.2, 0) is 4.79 Å². The first-order valence-corrected chi connectivity index (χ1v) is 6.07. The number of carbonyl (C=O) groups excluding carboxylic acids is 1. The summed E-state index contributed by atoms with van der Waals surface area (Å²) in [4.78, 5) is 11.8. The molecule has 0 fully saturated rings. The van der Waals surface area contributed by atoms with Crippen molar-refractivity contribution >= 4 is 11.6 Å². The second kappa shape index (κ2) is 5.19. The van der Waals surface area contributed by atoms with Crippen molar-refractivity contribution in [2.45, 2.75) is 26.3 Å². The van der Waals surface area contributed by atoms with Crippen LogP contribution in [0.4, 0.5) is 5.69 Å². The zero-order chi connectivity index (χ0) is 12.3. The van der Waals surface area contributed by atoms with E-state index in [4.69, 9.17) is 4.74 Å². The maximum atomic E-state index is 11.8. The Bertz CT molecular complexity index is 418. The van der Waals surface area contributed by atoms with Crippen LogP contribution in [0.3, 0.4) is 0 Å². The molecule has 1 aliphatic rings. The summed E-state index contributed by atoms with van der Waals surface area (Å²) in [5, 5.41) is 6.05. The van der Waals surface area contributed by atoms with Gasteiger partial charge in [0.25, 0.3) is 0 Å². The number of para-hydroxylation sites is 1. The third-order valence-electron chi connectivity index (χ3n) is 2.75. The quantitative estimate of drug-likeness (QED) is 0.820. The summed E-state index contributed by atoms with van der Waals surface area (Å²) in [6.07, 6.45) is 0.953. The van der Waals surface area contributed by atoms with E-state index in [-0.39, 0.29) is 11.9 Å². The van der Waals surface area contributed by atoms with E-state index in [1.165, 1.54) is 0 Å². The molecule has 1 heterocycles. The topological polar surface area (TPSA) is 50.4 Å². The lowest BCUT2D eigenvalue weighted by Crippen LogP contribution is -2.27. The molecule has 2 rings (SSSR count). The number of fused-ring (bicyclic) bond motifs is 1. The summed E-state index contributed by atoms with van der Waals surface area (Å²) in [7, 11) is 0. The van der Waals surface area contributed by atoms with Crippen LogP contribution in [0.25, 0.3) is 0 Å². The van der Waals surface area contributed by atoms with Gasteiger partial charge in [-0.2, -0.15) is 0 Å². The van der Waals surface area contributed by atoms with Crippen molar-refractivity contribution in [2.75, 3.05) is 18.5 Å². The number of ether oxygens (including phenoxy) is 1. The number of hydrogen-bond donors (Lipinski definition) is 2. The minimum atomic E-state index is -0.250. The molecule has 4 nitrogen and oxygen atoms in total. The minimum Gasteiger partial charge on any atom is -0.491 e. The highest BCUT2D eigenvalue weighted by molar-refractivity contribution is 6.04. The predicted octanol–water partition coefficient (Wildman–Crippen LogP) is 2.08. The second-order valence-electron chi connectivity index (χ2n) is 4.05. The molecule has 2 N–H and O–H groups in total. The SMILES string of the molecule is CCCOc1cccc2c1NC(=O)C2NCC. The van der Waals surface area contributed by atoms with E-state index in [9.17, 15) is 4.79 Å². The highest BCUT2D eigenvalue weighted by Gasteiger charge is 2.31. The lowest BCUT2D eigenvalue weighted by Gasteiger charge is -2.11. The number of nitrogens with one attached hydrogen (secondary N) is 2. The highest BCUT2D eigenvalue weighted by atomic mass is 16.5. The van der Waals surface area contributed by atoms with E-state index < -0.39 is 0 Å². The molecule has 0 bridgehead atoms. The fourth-order valence-electron chi connectivity index (χ4n) is 2.00. The number of anilines is 1. The molecule has 0 aromatic heterocycles. The van der Waals surface area contributed by atoms with Crippen LogP contribution in [-0.4, -0.2) is 19.1 Å². The number of carbonyl (C=O) groups is 1. The van der Waals surface area contributed by atoms with E-state index in [1.807, 2.05) is 25.1 Å². The van der Waals surface area contributed by atoms with Crippen LogP contribution in [0.15, 0.2) is 18.2 Å². The summed E-state index contributed by atoms with van der Waals surface area (Å²) in [5.41, 5.74) is 1.79. The van der Waals surface area contributed by atoms with Crippen molar-refractivity contribution in [1.29, 1.82) is 0 Å². The van der Waals surface area contributed by atoms with Gasteiger partial charge in [-0.1, -0.05) is 26.0 Å². The summed E-state index contributed by atoms with van der Waals surface area (Å²) in [5.74, 6) is 0.757. The monoisotopic (exact) mass is 234 g/mol.